The molecule has 0 N–H and O–H groups in total. The van der Waals surface area contributed by atoms with E-state index >= 15 is 0 Å². The molecule has 0 fully saturated rings. The van der Waals surface area contributed by atoms with Crippen molar-refractivity contribution in [2.75, 3.05) is 13.2 Å². The molecule has 0 radical (unpaired) electrons. The van der Waals surface area contributed by atoms with Crippen molar-refractivity contribution in [2.45, 2.75) is 26.2 Å². The van der Waals surface area contributed by atoms with E-state index in [0.717, 1.165) is 0 Å². The maximum atomic E-state index is 10.6. The van der Waals surface area contributed by atoms with Gasteiger partial charge in [-0.15, -0.1) is 22.5 Å². The van der Waals surface area contributed by atoms with Crippen molar-refractivity contribution in [2.24, 2.45) is 0 Å². The summed E-state index contributed by atoms with van der Waals surface area (Å²) in [5, 5.41) is 8.85. The van der Waals surface area contributed by atoms with Crippen LogP contribution in [0.5, 0.6) is 0 Å². The summed E-state index contributed by atoms with van der Waals surface area (Å²) in [6.07, 6.45) is 1.45. The van der Waals surface area contributed by atoms with Gasteiger partial charge < -0.3 is 9.57 Å². The first-order chi connectivity index (χ1) is 6.16. The maximum absolute atomic E-state index is 10.6. The van der Waals surface area contributed by atoms with Crippen LogP contribution in [0.2, 0.25) is 0 Å². The molecule has 0 atom stereocenters. The number of halogens is 1. The molecule has 6 nitrogen and oxygen atoms in total. The fraction of sp³-hybridized carbons (Fsp3) is 0.857. The standard InChI is InChI=1S/C7H13NO5.ClH/c1-2-7(9)12-5-3-4-6-13-8(10)11;/h2-6H2,1H3;1H. The summed E-state index contributed by atoms with van der Waals surface area (Å²) in [7, 11) is 0. The van der Waals surface area contributed by atoms with E-state index in [2.05, 4.69) is 4.84 Å². The van der Waals surface area contributed by atoms with E-state index in [1.54, 1.807) is 6.92 Å². The summed E-state index contributed by atoms with van der Waals surface area (Å²) in [6, 6.07) is 0. The first-order valence-corrected chi connectivity index (χ1v) is 4.09. The van der Waals surface area contributed by atoms with Gasteiger partial charge in [-0.2, -0.15) is 0 Å². The molecule has 0 saturated heterocycles. The predicted molar refractivity (Wildman–Crippen MR) is 50.7 cm³/mol. The van der Waals surface area contributed by atoms with Crippen molar-refractivity contribution in [3.8, 4) is 0 Å². The van der Waals surface area contributed by atoms with Crippen molar-refractivity contribution in [3.05, 3.63) is 10.1 Å². The van der Waals surface area contributed by atoms with Gasteiger partial charge in [0, 0.05) is 6.42 Å². The topological polar surface area (TPSA) is 78.7 Å². The Morgan fingerprint density at radius 2 is 1.93 bits per heavy atom. The Balaban J connectivity index is 0. The second-order valence-corrected chi connectivity index (χ2v) is 2.34. The van der Waals surface area contributed by atoms with Gasteiger partial charge in [0.05, 0.1) is 13.2 Å². The molecule has 0 aliphatic heterocycles. The van der Waals surface area contributed by atoms with E-state index in [9.17, 15) is 14.9 Å². The van der Waals surface area contributed by atoms with Crippen molar-refractivity contribution < 1.29 is 19.5 Å². The Labute approximate surface area is 88.1 Å². The monoisotopic (exact) mass is 227 g/mol. The lowest BCUT2D eigenvalue weighted by Gasteiger charge is -2.01. The summed E-state index contributed by atoms with van der Waals surface area (Å²) in [4.78, 5) is 24.3. The van der Waals surface area contributed by atoms with Crippen LogP contribution in [0, 0.1) is 10.1 Å². The first-order valence-electron chi connectivity index (χ1n) is 4.09. The first kappa shape index (κ1) is 15.4. The number of carbonyl (C=O) groups excluding carboxylic acids is 1. The molecule has 0 aromatic heterocycles. The maximum Gasteiger partial charge on any atom is 0.305 e. The van der Waals surface area contributed by atoms with E-state index in [1.165, 1.54) is 0 Å². The van der Waals surface area contributed by atoms with Gasteiger partial charge in [-0.05, 0) is 12.8 Å². The number of esters is 1. The van der Waals surface area contributed by atoms with Crippen molar-refractivity contribution in [1.29, 1.82) is 0 Å². The highest BCUT2D eigenvalue weighted by atomic mass is 35.5. The minimum Gasteiger partial charge on any atom is -0.466 e. The Morgan fingerprint density at radius 1 is 1.36 bits per heavy atom. The summed E-state index contributed by atoms with van der Waals surface area (Å²) in [5.74, 6) is -0.254. The van der Waals surface area contributed by atoms with Gasteiger partial charge in [-0.1, -0.05) is 6.92 Å². The van der Waals surface area contributed by atoms with Crippen LogP contribution >= 0.6 is 12.4 Å². The summed E-state index contributed by atoms with van der Waals surface area (Å²) < 4.78 is 4.73. The zero-order valence-electron chi connectivity index (χ0n) is 7.93. The highest BCUT2D eigenvalue weighted by Gasteiger charge is 1.98. The third kappa shape index (κ3) is 11.0. The molecule has 0 heterocycles. The molecule has 0 amide bonds. The lowest BCUT2D eigenvalue weighted by atomic mass is 10.3. The average Bonchev–Trinajstić information content (AvgIpc) is 2.10. The van der Waals surface area contributed by atoms with Crippen molar-refractivity contribution >= 4 is 18.4 Å². The smallest absolute Gasteiger partial charge is 0.305 e. The number of hydrogen-bond acceptors (Lipinski definition) is 5. The van der Waals surface area contributed by atoms with Crippen LogP contribution < -0.4 is 0 Å². The van der Waals surface area contributed by atoms with Crippen LogP contribution in [0.15, 0.2) is 0 Å². The molecule has 0 unspecified atom stereocenters. The minimum atomic E-state index is -0.835. The molecule has 0 aliphatic carbocycles. The number of unbranched alkanes of at least 4 members (excludes halogenated alkanes) is 1. The zero-order chi connectivity index (χ0) is 10.1. The van der Waals surface area contributed by atoms with Crippen LogP contribution in [0.4, 0.5) is 0 Å². The van der Waals surface area contributed by atoms with E-state index in [0.29, 0.717) is 25.9 Å². The molecule has 84 valence electrons. The van der Waals surface area contributed by atoms with Gasteiger partial charge in [0.15, 0.2) is 0 Å². The second-order valence-electron chi connectivity index (χ2n) is 2.34. The van der Waals surface area contributed by atoms with Gasteiger partial charge in [-0.25, -0.2) is 0 Å². The van der Waals surface area contributed by atoms with Crippen LogP contribution in [0.1, 0.15) is 26.2 Å². The highest BCUT2D eigenvalue weighted by Crippen LogP contribution is 1.93. The minimum absolute atomic E-state index is 0. The molecule has 0 saturated carbocycles. The Hall–Kier alpha value is -1.04. The molecule has 0 bridgehead atoms. The van der Waals surface area contributed by atoms with Gasteiger partial charge in [-0.3, -0.25) is 4.79 Å². The number of ether oxygens (including phenoxy) is 1. The number of hydrogen-bond donors (Lipinski definition) is 0. The Bertz CT molecular complexity index is 175. The van der Waals surface area contributed by atoms with Crippen LogP contribution in [-0.4, -0.2) is 24.3 Å². The molecule has 0 aromatic rings. The lowest BCUT2D eigenvalue weighted by molar-refractivity contribution is -0.757. The highest BCUT2D eigenvalue weighted by molar-refractivity contribution is 5.85. The predicted octanol–water partition coefficient (Wildman–Crippen LogP) is 1.35. The van der Waals surface area contributed by atoms with Gasteiger partial charge >= 0.3 is 5.97 Å². The van der Waals surface area contributed by atoms with Crippen LogP contribution in [0.25, 0.3) is 0 Å². The molecular weight excluding hydrogens is 214 g/mol. The molecular formula is C7H14ClNO5. The van der Waals surface area contributed by atoms with E-state index < -0.39 is 5.09 Å². The SMILES string of the molecule is CCC(=O)OCCCCO[N+](=O)[O-].Cl. The van der Waals surface area contributed by atoms with Crippen LogP contribution in [-0.2, 0) is 14.4 Å². The number of rotatable bonds is 7. The van der Waals surface area contributed by atoms with Crippen molar-refractivity contribution in [3.63, 3.8) is 0 Å². The summed E-state index contributed by atoms with van der Waals surface area (Å²) >= 11 is 0. The molecule has 0 aliphatic rings. The van der Waals surface area contributed by atoms with Gasteiger partial charge in [0.2, 0.25) is 0 Å². The fourth-order valence-electron chi connectivity index (χ4n) is 0.631. The quantitative estimate of drug-likeness (QED) is 0.284. The Kier molecular flexibility index (Phi) is 11.1. The molecule has 0 spiro atoms. The largest absolute Gasteiger partial charge is 0.466 e. The zero-order valence-corrected chi connectivity index (χ0v) is 8.75. The average molecular weight is 228 g/mol. The number of nitrogens with zero attached hydrogens (tertiary/aromatic N) is 1. The fourth-order valence-corrected chi connectivity index (χ4v) is 0.631. The second kappa shape index (κ2) is 10.0. The van der Waals surface area contributed by atoms with Gasteiger partial charge in [0.1, 0.15) is 0 Å². The third-order valence-electron chi connectivity index (χ3n) is 1.29. The Morgan fingerprint density at radius 3 is 2.43 bits per heavy atom. The summed E-state index contributed by atoms with van der Waals surface area (Å²) in [6.45, 7) is 2.06. The normalized spacial score (nSPS) is 8.64. The van der Waals surface area contributed by atoms with Gasteiger partial charge in [0.25, 0.3) is 5.09 Å². The molecule has 0 aromatic carbocycles. The van der Waals surface area contributed by atoms with E-state index in [4.69, 9.17) is 4.74 Å². The molecule has 14 heavy (non-hydrogen) atoms. The van der Waals surface area contributed by atoms with E-state index in [-0.39, 0.29) is 25.0 Å². The molecule has 0 rings (SSSR count). The lowest BCUT2D eigenvalue weighted by Crippen LogP contribution is -2.06. The van der Waals surface area contributed by atoms with Crippen molar-refractivity contribution in [1.82, 2.24) is 0 Å². The summed E-state index contributed by atoms with van der Waals surface area (Å²) in [5.41, 5.74) is 0. The number of carbonyl (C=O) groups is 1. The molecule has 7 heteroatoms. The van der Waals surface area contributed by atoms with E-state index in [1.807, 2.05) is 0 Å². The third-order valence-corrected chi connectivity index (χ3v) is 1.29. The van der Waals surface area contributed by atoms with Crippen LogP contribution in [0.3, 0.4) is 0 Å².